The monoisotopic (exact) mass is 379 g/mol. The first-order valence-corrected chi connectivity index (χ1v) is 8.26. The molecule has 0 unspecified atom stereocenters. The normalized spacial score (nSPS) is 11.1. The molecular weight excluding hydrogens is 367 g/mol. The summed E-state index contributed by atoms with van der Waals surface area (Å²) in [5.41, 5.74) is 1.01. The number of aromatic nitrogens is 3. The van der Waals surface area contributed by atoms with Crippen LogP contribution in [0.3, 0.4) is 0 Å². The van der Waals surface area contributed by atoms with Gasteiger partial charge in [-0.2, -0.15) is 13.2 Å². The van der Waals surface area contributed by atoms with E-state index in [1.165, 1.54) is 12.1 Å². The number of pyridine rings is 1. The zero-order valence-corrected chi connectivity index (χ0v) is 14.3. The van der Waals surface area contributed by atoms with E-state index in [4.69, 9.17) is 4.74 Å². The van der Waals surface area contributed by atoms with Crippen LogP contribution in [0.4, 0.5) is 13.2 Å². The van der Waals surface area contributed by atoms with E-state index in [1.54, 1.807) is 34.9 Å². The molecule has 0 atom stereocenters. The number of benzene rings is 2. The molecule has 0 saturated heterocycles. The van der Waals surface area contributed by atoms with Gasteiger partial charge in [0.25, 0.3) is 0 Å². The van der Waals surface area contributed by atoms with Gasteiger partial charge in [-0.15, -0.1) is 5.10 Å². The summed E-state index contributed by atoms with van der Waals surface area (Å²) in [6.07, 6.45) is -2.65. The zero-order valence-electron chi connectivity index (χ0n) is 14.3. The van der Waals surface area contributed by atoms with Gasteiger partial charge >= 0.3 is 12.2 Å². The molecule has 0 aliphatic heterocycles. The highest BCUT2D eigenvalue weighted by Crippen LogP contribution is 2.29. The highest BCUT2D eigenvalue weighted by Gasteiger charge is 2.29. The maximum absolute atomic E-state index is 12.6. The van der Waals surface area contributed by atoms with Gasteiger partial charge in [0.2, 0.25) is 0 Å². The Morgan fingerprint density at radius 3 is 2.18 bits per heavy atom. The smallest absolute Gasteiger partial charge is 0.416 e. The van der Waals surface area contributed by atoms with Gasteiger partial charge in [-0.1, -0.05) is 35.1 Å². The lowest BCUT2D eigenvalue weighted by Crippen LogP contribution is -2.04. The molecule has 28 heavy (non-hydrogen) atoms. The summed E-state index contributed by atoms with van der Waals surface area (Å²) >= 11 is 0. The molecule has 2 aromatic carbocycles. The Labute approximate surface area is 158 Å². The van der Waals surface area contributed by atoms with Gasteiger partial charge in [0.1, 0.15) is 5.75 Å². The van der Waals surface area contributed by atoms with Crippen LogP contribution in [-0.2, 0) is 6.18 Å². The van der Waals surface area contributed by atoms with Crippen molar-refractivity contribution in [2.24, 2.45) is 0 Å². The van der Waals surface area contributed by atoms with Crippen LogP contribution in [0, 0.1) is 11.8 Å². The maximum atomic E-state index is 12.6. The summed E-state index contributed by atoms with van der Waals surface area (Å²) in [5, 5.41) is 8.06. The Balaban J connectivity index is 1.60. The van der Waals surface area contributed by atoms with E-state index in [9.17, 15) is 13.2 Å². The average Bonchev–Trinajstić information content (AvgIpc) is 3.09. The van der Waals surface area contributed by atoms with Crippen LogP contribution >= 0.6 is 0 Å². The minimum atomic E-state index is -4.36. The second kappa shape index (κ2) is 7.08. The molecule has 0 saturated carbocycles. The molecule has 0 fully saturated rings. The second-order valence-electron chi connectivity index (χ2n) is 5.87. The largest absolute Gasteiger partial charge is 0.424 e. The van der Waals surface area contributed by atoms with Gasteiger partial charge in [0, 0.05) is 17.3 Å². The predicted molar refractivity (Wildman–Crippen MR) is 96.9 cm³/mol. The highest BCUT2D eigenvalue weighted by atomic mass is 19.4. The van der Waals surface area contributed by atoms with Crippen LogP contribution in [0.25, 0.3) is 5.65 Å². The van der Waals surface area contributed by atoms with Crippen molar-refractivity contribution in [3.63, 3.8) is 0 Å². The van der Waals surface area contributed by atoms with Crippen molar-refractivity contribution in [1.82, 2.24) is 14.6 Å². The topological polar surface area (TPSA) is 39.4 Å². The van der Waals surface area contributed by atoms with E-state index < -0.39 is 11.7 Å². The van der Waals surface area contributed by atoms with Gasteiger partial charge in [-0.25, -0.2) is 0 Å². The van der Waals surface area contributed by atoms with Crippen LogP contribution in [0.5, 0.6) is 11.8 Å². The lowest BCUT2D eigenvalue weighted by atomic mass is 10.1. The number of para-hydroxylation sites is 1. The standard InChI is InChI=1S/C21H12F3N3O/c22-21(23,24)17-11-8-15(9-12-17)6-7-16-10-13-19-25-26-20(27(19)14-16)28-18-4-2-1-3-5-18/h1-5,8-14H. The van der Waals surface area contributed by atoms with Crippen molar-refractivity contribution in [3.05, 3.63) is 89.6 Å². The molecule has 4 rings (SSSR count). The summed E-state index contributed by atoms with van der Waals surface area (Å²) in [4.78, 5) is 0. The van der Waals surface area contributed by atoms with E-state index in [0.717, 1.165) is 12.1 Å². The molecule has 2 heterocycles. The minimum absolute atomic E-state index is 0.291. The maximum Gasteiger partial charge on any atom is 0.416 e. The fourth-order valence-corrected chi connectivity index (χ4v) is 2.49. The zero-order chi connectivity index (χ0) is 19.6. The number of hydrogen-bond acceptors (Lipinski definition) is 3. The molecule has 2 aromatic heterocycles. The predicted octanol–water partition coefficient (Wildman–Crippen LogP) is 4.94. The fraction of sp³-hybridized carbons (Fsp3) is 0.0476. The molecule has 0 aliphatic rings. The Bertz CT molecular complexity index is 1170. The van der Waals surface area contributed by atoms with Crippen LogP contribution in [0.1, 0.15) is 16.7 Å². The number of rotatable bonds is 2. The van der Waals surface area contributed by atoms with Gasteiger partial charge in [0.15, 0.2) is 5.65 Å². The Hall–Kier alpha value is -3.79. The number of halogens is 3. The number of nitrogens with zero attached hydrogens (tertiary/aromatic N) is 3. The van der Waals surface area contributed by atoms with Crippen molar-refractivity contribution in [1.29, 1.82) is 0 Å². The first-order valence-electron chi connectivity index (χ1n) is 8.26. The molecule has 7 heteroatoms. The van der Waals surface area contributed by atoms with Gasteiger partial charge in [0.05, 0.1) is 5.56 Å². The lowest BCUT2D eigenvalue weighted by Gasteiger charge is -2.05. The second-order valence-corrected chi connectivity index (χ2v) is 5.87. The van der Waals surface area contributed by atoms with Crippen LogP contribution < -0.4 is 4.74 Å². The molecule has 0 radical (unpaired) electrons. The Morgan fingerprint density at radius 2 is 1.46 bits per heavy atom. The molecule has 0 N–H and O–H groups in total. The quantitative estimate of drug-likeness (QED) is 0.463. The molecule has 0 aliphatic carbocycles. The number of hydrogen-bond donors (Lipinski definition) is 0. The average molecular weight is 379 g/mol. The first-order chi connectivity index (χ1) is 13.5. The molecule has 4 nitrogen and oxygen atoms in total. The molecule has 0 bridgehead atoms. The van der Waals surface area contributed by atoms with Crippen molar-refractivity contribution < 1.29 is 17.9 Å². The van der Waals surface area contributed by atoms with E-state index in [2.05, 4.69) is 22.0 Å². The summed E-state index contributed by atoms with van der Waals surface area (Å²) in [6, 6.07) is 17.7. The van der Waals surface area contributed by atoms with Crippen molar-refractivity contribution in [3.8, 4) is 23.6 Å². The number of alkyl halides is 3. The Kier molecular flexibility index (Phi) is 4.45. The molecule has 0 amide bonds. The summed E-state index contributed by atoms with van der Waals surface area (Å²) in [6.45, 7) is 0. The number of fused-ring (bicyclic) bond motifs is 1. The number of ether oxygens (including phenoxy) is 1. The lowest BCUT2D eigenvalue weighted by molar-refractivity contribution is -0.137. The summed E-state index contributed by atoms with van der Waals surface area (Å²) in [5.74, 6) is 6.41. The third-order valence-electron chi connectivity index (χ3n) is 3.89. The van der Waals surface area contributed by atoms with E-state index in [1.807, 2.05) is 18.2 Å². The van der Waals surface area contributed by atoms with Crippen molar-refractivity contribution in [2.75, 3.05) is 0 Å². The van der Waals surface area contributed by atoms with E-state index >= 15 is 0 Å². The van der Waals surface area contributed by atoms with Gasteiger partial charge < -0.3 is 4.74 Å². The van der Waals surface area contributed by atoms with Crippen molar-refractivity contribution in [2.45, 2.75) is 6.18 Å². The highest BCUT2D eigenvalue weighted by molar-refractivity contribution is 5.48. The third kappa shape index (κ3) is 3.81. The van der Waals surface area contributed by atoms with Gasteiger partial charge in [-0.3, -0.25) is 4.40 Å². The van der Waals surface area contributed by atoms with E-state index in [0.29, 0.717) is 28.5 Å². The molecular formula is C21H12F3N3O. The van der Waals surface area contributed by atoms with Crippen LogP contribution in [0.15, 0.2) is 72.9 Å². The van der Waals surface area contributed by atoms with Crippen molar-refractivity contribution >= 4 is 5.65 Å². The molecule has 138 valence electrons. The molecule has 0 spiro atoms. The van der Waals surface area contributed by atoms with Gasteiger partial charge in [-0.05, 0) is 48.5 Å². The van der Waals surface area contributed by atoms with Crippen LogP contribution in [0.2, 0.25) is 0 Å². The van der Waals surface area contributed by atoms with Crippen LogP contribution in [-0.4, -0.2) is 14.6 Å². The Morgan fingerprint density at radius 1 is 0.786 bits per heavy atom. The first kappa shape index (κ1) is 17.6. The summed E-state index contributed by atoms with van der Waals surface area (Å²) in [7, 11) is 0. The fourth-order valence-electron chi connectivity index (χ4n) is 2.49. The molecule has 4 aromatic rings. The minimum Gasteiger partial charge on any atom is -0.424 e. The SMILES string of the molecule is FC(F)(F)c1ccc(C#Cc2ccc3nnc(Oc4ccccc4)n3c2)cc1. The summed E-state index contributed by atoms with van der Waals surface area (Å²) < 4.78 is 45.2. The third-order valence-corrected chi connectivity index (χ3v) is 3.89. The van der Waals surface area contributed by atoms with E-state index in [-0.39, 0.29) is 0 Å².